The summed E-state index contributed by atoms with van der Waals surface area (Å²) in [6.07, 6.45) is -0.415. The van der Waals surface area contributed by atoms with Gasteiger partial charge < -0.3 is 14.2 Å². The van der Waals surface area contributed by atoms with Crippen LogP contribution in [0.15, 0.2) is 12.7 Å². The molecule has 0 saturated carbocycles. The third-order valence-electron chi connectivity index (χ3n) is 1.92. The fourth-order valence-electron chi connectivity index (χ4n) is 0.897. The molecule has 90 valence electrons. The maximum absolute atomic E-state index is 11.4. The van der Waals surface area contributed by atoms with Crippen molar-refractivity contribution in [3.8, 4) is 0 Å². The second-order valence-corrected chi connectivity index (χ2v) is 4.60. The molecule has 0 amide bonds. The molecule has 1 fully saturated rings. The van der Waals surface area contributed by atoms with Crippen LogP contribution in [-0.2, 0) is 23.8 Å². The molecule has 1 aliphatic rings. The molecule has 0 aliphatic carbocycles. The zero-order chi connectivity index (χ0) is 12.3. The van der Waals surface area contributed by atoms with Crippen LogP contribution in [0.2, 0.25) is 0 Å². The van der Waals surface area contributed by atoms with Crippen molar-refractivity contribution in [3.05, 3.63) is 12.7 Å². The van der Waals surface area contributed by atoms with Gasteiger partial charge in [-0.2, -0.15) is 0 Å². The molecule has 1 saturated heterocycles. The zero-order valence-corrected chi connectivity index (χ0v) is 9.69. The Hall–Kier alpha value is -1.36. The van der Waals surface area contributed by atoms with E-state index in [1.54, 1.807) is 20.8 Å². The lowest BCUT2D eigenvalue weighted by Gasteiger charge is -2.28. The van der Waals surface area contributed by atoms with E-state index in [-0.39, 0.29) is 0 Å². The molecule has 1 heterocycles. The maximum Gasteiger partial charge on any atom is 0.340 e. The summed E-state index contributed by atoms with van der Waals surface area (Å²) in [5, 5.41) is 0. The molecule has 1 rings (SSSR count). The van der Waals surface area contributed by atoms with Gasteiger partial charge in [0.15, 0.2) is 6.10 Å². The zero-order valence-electron chi connectivity index (χ0n) is 9.69. The van der Waals surface area contributed by atoms with E-state index in [1.165, 1.54) is 0 Å². The van der Waals surface area contributed by atoms with Gasteiger partial charge in [0.25, 0.3) is 6.29 Å². The van der Waals surface area contributed by atoms with Crippen LogP contribution in [0.4, 0.5) is 0 Å². The summed E-state index contributed by atoms with van der Waals surface area (Å²) in [5.74, 6) is -1.12. The van der Waals surface area contributed by atoms with Crippen LogP contribution >= 0.6 is 0 Å². The molecule has 16 heavy (non-hydrogen) atoms. The van der Waals surface area contributed by atoms with E-state index in [4.69, 9.17) is 14.2 Å². The molecule has 5 nitrogen and oxygen atoms in total. The van der Waals surface area contributed by atoms with Gasteiger partial charge in [-0.1, -0.05) is 27.4 Å². The van der Waals surface area contributed by atoms with E-state index in [0.29, 0.717) is 6.61 Å². The van der Waals surface area contributed by atoms with Crippen molar-refractivity contribution < 1.29 is 23.8 Å². The standard InChI is InChI=1S/C11H16O5/c1-5-8(12)15-10(11(2,3)4)16-9(13)7-6-14-7/h5,7,10H,1,6H2,2-4H3. The molecule has 0 aromatic carbocycles. The molecule has 2 unspecified atom stereocenters. The predicted octanol–water partition coefficient (Wildman–Crippen LogP) is 1.03. The van der Waals surface area contributed by atoms with Crippen LogP contribution in [0.5, 0.6) is 0 Å². The van der Waals surface area contributed by atoms with Gasteiger partial charge in [-0.15, -0.1) is 0 Å². The maximum atomic E-state index is 11.4. The molecule has 0 aromatic rings. The fourth-order valence-corrected chi connectivity index (χ4v) is 0.897. The van der Waals surface area contributed by atoms with Crippen LogP contribution < -0.4 is 0 Å². The Labute approximate surface area is 94.4 Å². The Balaban J connectivity index is 2.59. The number of esters is 2. The Morgan fingerprint density at radius 2 is 2.00 bits per heavy atom. The van der Waals surface area contributed by atoms with Crippen molar-refractivity contribution in [1.82, 2.24) is 0 Å². The first-order chi connectivity index (χ1) is 7.34. The summed E-state index contributed by atoms with van der Waals surface area (Å²) in [4.78, 5) is 22.4. The number of epoxide rings is 1. The van der Waals surface area contributed by atoms with E-state index in [9.17, 15) is 9.59 Å². The third-order valence-corrected chi connectivity index (χ3v) is 1.92. The number of hydrogen-bond donors (Lipinski definition) is 0. The molecule has 2 atom stereocenters. The van der Waals surface area contributed by atoms with Gasteiger partial charge in [-0.25, -0.2) is 9.59 Å². The van der Waals surface area contributed by atoms with E-state index < -0.39 is 29.7 Å². The first-order valence-corrected chi connectivity index (χ1v) is 4.99. The normalized spacial score (nSPS) is 20.8. The van der Waals surface area contributed by atoms with Crippen molar-refractivity contribution in [2.75, 3.05) is 6.61 Å². The van der Waals surface area contributed by atoms with Crippen molar-refractivity contribution >= 4 is 11.9 Å². The molecule has 0 bridgehead atoms. The number of ether oxygens (including phenoxy) is 3. The van der Waals surface area contributed by atoms with Gasteiger partial charge in [0.1, 0.15) is 0 Å². The van der Waals surface area contributed by atoms with Crippen LogP contribution in [0, 0.1) is 5.41 Å². The van der Waals surface area contributed by atoms with Crippen molar-refractivity contribution in [1.29, 1.82) is 0 Å². The van der Waals surface area contributed by atoms with Gasteiger partial charge in [0, 0.05) is 11.5 Å². The van der Waals surface area contributed by atoms with Crippen LogP contribution in [0.25, 0.3) is 0 Å². The highest BCUT2D eigenvalue weighted by Crippen LogP contribution is 2.25. The smallest absolute Gasteiger partial charge is 0.340 e. The average Bonchev–Trinajstić information content (AvgIpc) is 2.97. The Morgan fingerprint density at radius 3 is 2.38 bits per heavy atom. The molecule has 0 aromatic heterocycles. The minimum absolute atomic E-state index is 0.366. The van der Waals surface area contributed by atoms with Gasteiger partial charge >= 0.3 is 11.9 Å². The minimum Gasteiger partial charge on any atom is -0.423 e. The summed E-state index contributed by atoms with van der Waals surface area (Å²) in [6, 6.07) is 0. The van der Waals surface area contributed by atoms with Crippen molar-refractivity contribution in [2.45, 2.75) is 33.2 Å². The first kappa shape index (κ1) is 12.7. The molecular formula is C11H16O5. The van der Waals surface area contributed by atoms with Gasteiger partial charge in [-0.05, 0) is 0 Å². The number of carbonyl (C=O) groups excluding carboxylic acids is 2. The number of hydrogen-bond acceptors (Lipinski definition) is 5. The SMILES string of the molecule is C=CC(=O)OC(OC(=O)C1CO1)C(C)(C)C. The summed E-state index contributed by atoms with van der Waals surface area (Å²) >= 11 is 0. The molecular weight excluding hydrogens is 212 g/mol. The van der Waals surface area contributed by atoms with Crippen LogP contribution in [0.1, 0.15) is 20.8 Å². The molecule has 0 radical (unpaired) electrons. The van der Waals surface area contributed by atoms with Gasteiger partial charge in [-0.3, -0.25) is 0 Å². The van der Waals surface area contributed by atoms with Gasteiger partial charge in [0.05, 0.1) is 6.61 Å². The molecule has 0 spiro atoms. The molecule has 1 aliphatic heterocycles. The van der Waals surface area contributed by atoms with Crippen LogP contribution in [0.3, 0.4) is 0 Å². The lowest BCUT2D eigenvalue weighted by molar-refractivity contribution is -0.204. The summed E-state index contributed by atoms with van der Waals surface area (Å²) in [5.41, 5.74) is -0.497. The Kier molecular flexibility index (Phi) is 3.70. The number of rotatable bonds is 4. The Morgan fingerprint density at radius 1 is 1.44 bits per heavy atom. The fraction of sp³-hybridized carbons (Fsp3) is 0.636. The third kappa shape index (κ3) is 3.66. The van der Waals surface area contributed by atoms with E-state index in [1.807, 2.05) is 0 Å². The highest BCUT2D eigenvalue weighted by Gasteiger charge is 2.38. The lowest BCUT2D eigenvalue weighted by Crippen LogP contribution is -2.36. The molecule has 0 N–H and O–H groups in total. The lowest BCUT2D eigenvalue weighted by atomic mass is 9.96. The second kappa shape index (κ2) is 4.65. The summed E-state index contributed by atoms with van der Waals surface area (Å²) in [7, 11) is 0. The van der Waals surface area contributed by atoms with Crippen molar-refractivity contribution in [2.24, 2.45) is 5.41 Å². The van der Waals surface area contributed by atoms with E-state index in [2.05, 4.69) is 6.58 Å². The minimum atomic E-state index is -0.935. The second-order valence-electron chi connectivity index (χ2n) is 4.60. The monoisotopic (exact) mass is 228 g/mol. The topological polar surface area (TPSA) is 65.1 Å². The van der Waals surface area contributed by atoms with Crippen molar-refractivity contribution in [3.63, 3.8) is 0 Å². The largest absolute Gasteiger partial charge is 0.423 e. The highest BCUT2D eigenvalue weighted by molar-refractivity contribution is 5.81. The van der Waals surface area contributed by atoms with Crippen LogP contribution in [-0.4, -0.2) is 30.9 Å². The first-order valence-electron chi connectivity index (χ1n) is 4.99. The van der Waals surface area contributed by atoms with E-state index >= 15 is 0 Å². The summed E-state index contributed by atoms with van der Waals surface area (Å²) < 4.78 is 14.8. The number of carbonyl (C=O) groups is 2. The predicted molar refractivity (Wildman–Crippen MR) is 55.4 cm³/mol. The van der Waals surface area contributed by atoms with Gasteiger partial charge in [0.2, 0.25) is 0 Å². The molecule has 5 heteroatoms. The van der Waals surface area contributed by atoms with E-state index in [0.717, 1.165) is 6.08 Å². The summed E-state index contributed by atoms with van der Waals surface area (Å²) in [6.45, 7) is 9.05. The Bertz CT molecular complexity index is 298. The quantitative estimate of drug-likeness (QED) is 0.311. The average molecular weight is 228 g/mol. The highest BCUT2D eigenvalue weighted by atomic mass is 16.7.